The number of carbonyl (C=O) groups is 1. The molecule has 0 aliphatic carbocycles. The van der Waals surface area contributed by atoms with Crippen LogP contribution in [0.4, 0.5) is 5.69 Å². The lowest BCUT2D eigenvalue weighted by Crippen LogP contribution is -2.26. The topological polar surface area (TPSA) is 55.1 Å². The number of rotatable bonds is 5. The van der Waals surface area contributed by atoms with Gasteiger partial charge in [-0.25, -0.2) is 0 Å². The van der Waals surface area contributed by atoms with E-state index in [-0.39, 0.29) is 10.9 Å². The molecule has 0 aliphatic rings. The molecule has 0 heterocycles. The summed E-state index contributed by atoms with van der Waals surface area (Å²) in [6.07, 6.45) is 2.95. The van der Waals surface area contributed by atoms with Crippen LogP contribution in [-0.2, 0) is 0 Å². The molecular formula is C12H16Cl2N2OS. The Kier molecular flexibility index (Phi) is 6.12. The zero-order valence-corrected chi connectivity index (χ0v) is 12.6. The minimum Gasteiger partial charge on any atom is -0.399 e. The van der Waals surface area contributed by atoms with Gasteiger partial charge in [0.05, 0.1) is 15.6 Å². The predicted octanol–water partition coefficient (Wildman–Crippen LogP) is 3.45. The van der Waals surface area contributed by atoms with Gasteiger partial charge in [-0.1, -0.05) is 30.1 Å². The second-order valence-corrected chi connectivity index (χ2v) is 6.02. The lowest BCUT2D eigenvalue weighted by Gasteiger charge is -2.11. The minimum absolute atomic E-state index is 0.237. The number of nitrogens with one attached hydrogen (secondary N) is 1. The molecule has 1 rings (SSSR count). The van der Waals surface area contributed by atoms with Crippen molar-refractivity contribution in [2.75, 3.05) is 18.5 Å². The van der Waals surface area contributed by atoms with E-state index >= 15 is 0 Å². The van der Waals surface area contributed by atoms with Crippen LogP contribution >= 0.6 is 35.0 Å². The molecule has 3 N–H and O–H groups in total. The van der Waals surface area contributed by atoms with Crippen molar-refractivity contribution in [3.05, 3.63) is 27.7 Å². The summed E-state index contributed by atoms with van der Waals surface area (Å²) in [5, 5.41) is 3.84. The molecule has 1 aromatic rings. The van der Waals surface area contributed by atoms with Gasteiger partial charge in [-0.3, -0.25) is 4.79 Å². The molecule has 1 aromatic carbocycles. The summed E-state index contributed by atoms with van der Waals surface area (Å²) in [7, 11) is 0. The summed E-state index contributed by atoms with van der Waals surface area (Å²) in [5.74, 6) is -0.248. The Morgan fingerprint density at radius 1 is 1.50 bits per heavy atom. The maximum absolute atomic E-state index is 11.9. The van der Waals surface area contributed by atoms with Gasteiger partial charge in [-0.2, -0.15) is 11.8 Å². The molecule has 3 nitrogen and oxygen atoms in total. The van der Waals surface area contributed by atoms with Gasteiger partial charge >= 0.3 is 0 Å². The molecule has 0 bridgehead atoms. The minimum atomic E-state index is -0.248. The fourth-order valence-electron chi connectivity index (χ4n) is 1.38. The van der Waals surface area contributed by atoms with Crippen molar-refractivity contribution in [2.45, 2.75) is 18.6 Å². The van der Waals surface area contributed by atoms with Crippen molar-refractivity contribution in [3.8, 4) is 0 Å². The molecule has 0 saturated heterocycles. The third kappa shape index (κ3) is 4.26. The largest absolute Gasteiger partial charge is 0.399 e. The zero-order valence-electron chi connectivity index (χ0n) is 10.3. The summed E-state index contributed by atoms with van der Waals surface area (Å²) in [5.41, 5.74) is 6.38. The number of nitrogen functional groups attached to an aromatic ring is 1. The molecule has 0 fully saturated rings. The SMILES string of the molecule is CSC(C)CCNC(=O)c1cc(N)cc(Cl)c1Cl. The van der Waals surface area contributed by atoms with Crippen LogP contribution in [-0.4, -0.2) is 24.0 Å². The number of nitrogens with two attached hydrogens (primary N) is 1. The Balaban J connectivity index is 2.67. The van der Waals surface area contributed by atoms with Gasteiger partial charge in [0.2, 0.25) is 0 Å². The third-order valence-corrected chi connectivity index (χ3v) is 4.38. The Labute approximate surface area is 121 Å². The maximum atomic E-state index is 11.9. The number of carbonyl (C=O) groups excluding carboxylic acids is 1. The van der Waals surface area contributed by atoms with Gasteiger partial charge in [-0.05, 0) is 24.8 Å². The highest BCUT2D eigenvalue weighted by atomic mass is 35.5. The molecule has 18 heavy (non-hydrogen) atoms. The van der Waals surface area contributed by atoms with E-state index in [1.165, 1.54) is 12.1 Å². The Morgan fingerprint density at radius 2 is 2.17 bits per heavy atom. The number of benzene rings is 1. The first-order chi connectivity index (χ1) is 8.45. The summed E-state index contributed by atoms with van der Waals surface area (Å²) in [6, 6.07) is 3.05. The van der Waals surface area contributed by atoms with E-state index < -0.39 is 0 Å². The van der Waals surface area contributed by atoms with Crippen LogP contribution < -0.4 is 11.1 Å². The van der Waals surface area contributed by atoms with Crippen LogP contribution in [0.25, 0.3) is 0 Å². The van der Waals surface area contributed by atoms with Crippen LogP contribution in [0.1, 0.15) is 23.7 Å². The first kappa shape index (κ1) is 15.5. The monoisotopic (exact) mass is 306 g/mol. The molecule has 1 unspecified atom stereocenters. The number of anilines is 1. The highest BCUT2D eigenvalue weighted by Gasteiger charge is 2.14. The maximum Gasteiger partial charge on any atom is 0.252 e. The normalized spacial score (nSPS) is 12.2. The first-order valence-electron chi connectivity index (χ1n) is 5.51. The molecule has 0 aliphatic heterocycles. The van der Waals surface area contributed by atoms with Crippen LogP contribution in [0, 0.1) is 0 Å². The number of thioether (sulfide) groups is 1. The standard InChI is InChI=1S/C12H16Cl2N2OS/c1-7(18-2)3-4-16-12(17)9-5-8(15)6-10(13)11(9)14/h5-7H,3-4,15H2,1-2H3,(H,16,17). The average molecular weight is 307 g/mol. The number of hydrogen-bond donors (Lipinski definition) is 2. The molecule has 0 saturated carbocycles. The molecule has 0 spiro atoms. The number of amides is 1. The van der Waals surface area contributed by atoms with E-state index in [1.807, 2.05) is 6.26 Å². The molecule has 1 atom stereocenters. The van der Waals surface area contributed by atoms with E-state index in [2.05, 4.69) is 12.2 Å². The van der Waals surface area contributed by atoms with Crippen LogP contribution in [0.2, 0.25) is 10.0 Å². The smallest absolute Gasteiger partial charge is 0.252 e. The van der Waals surface area contributed by atoms with Gasteiger partial charge in [-0.15, -0.1) is 0 Å². The number of halogens is 2. The van der Waals surface area contributed by atoms with Crippen LogP contribution in [0.3, 0.4) is 0 Å². The Hall–Kier alpha value is -0.580. The summed E-state index contributed by atoms with van der Waals surface area (Å²) < 4.78 is 0. The predicted molar refractivity (Wildman–Crippen MR) is 80.8 cm³/mol. The summed E-state index contributed by atoms with van der Waals surface area (Å²) in [4.78, 5) is 11.9. The van der Waals surface area contributed by atoms with Crippen molar-refractivity contribution in [1.29, 1.82) is 0 Å². The first-order valence-corrected chi connectivity index (χ1v) is 7.55. The van der Waals surface area contributed by atoms with Crippen molar-refractivity contribution >= 4 is 46.6 Å². The fourth-order valence-corrected chi connectivity index (χ4v) is 2.15. The average Bonchev–Trinajstić information content (AvgIpc) is 2.33. The fraction of sp³-hybridized carbons (Fsp3) is 0.417. The highest BCUT2D eigenvalue weighted by molar-refractivity contribution is 7.99. The molecule has 0 radical (unpaired) electrons. The summed E-state index contributed by atoms with van der Waals surface area (Å²) >= 11 is 13.6. The second-order valence-electron chi connectivity index (χ2n) is 3.96. The van der Waals surface area contributed by atoms with E-state index in [0.717, 1.165) is 6.42 Å². The van der Waals surface area contributed by atoms with Crippen molar-refractivity contribution in [2.24, 2.45) is 0 Å². The highest BCUT2D eigenvalue weighted by Crippen LogP contribution is 2.28. The Morgan fingerprint density at radius 3 is 2.78 bits per heavy atom. The molecule has 0 aromatic heterocycles. The van der Waals surface area contributed by atoms with Crippen molar-refractivity contribution in [3.63, 3.8) is 0 Å². The van der Waals surface area contributed by atoms with Crippen LogP contribution in [0.15, 0.2) is 12.1 Å². The van der Waals surface area contributed by atoms with E-state index in [1.54, 1.807) is 11.8 Å². The Bertz CT molecular complexity index is 440. The lowest BCUT2D eigenvalue weighted by molar-refractivity contribution is 0.0953. The second kappa shape index (κ2) is 7.12. The van der Waals surface area contributed by atoms with Gasteiger partial charge in [0.15, 0.2) is 0 Å². The van der Waals surface area contributed by atoms with Crippen molar-refractivity contribution < 1.29 is 4.79 Å². The van der Waals surface area contributed by atoms with Gasteiger partial charge in [0.1, 0.15) is 0 Å². The molecule has 100 valence electrons. The molecule has 1 amide bonds. The van der Waals surface area contributed by atoms with Gasteiger partial charge in [0.25, 0.3) is 5.91 Å². The van der Waals surface area contributed by atoms with E-state index in [0.29, 0.717) is 28.1 Å². The van der Waals surface area contributed by atoms with Crippen LogP contribution in [0.5, 0.6) is 0 Å². The van der Waals surface area contributed by atoms with E-state index in [4.69, 9.17) is 28.9 Å². The van der Waals surface area contributed by atoms with Crippen molar-refractivity contribution in [1.82, 2.24) is 5.32 Å². The van der Waals surface area contributed by atoms with Gasteiger partial charge in [0, 0.05) is 17.5 Å². The molecule has 6 heteroatoms. The van der Waals surface area contributed by atoms with E-state index in [9.17, 15) is 4.79 Å². The van der Waals surface area contributed by atoms with Gasteiger partial charge < -0.3 is 11.1 Å². The number of hydrogen-bond acceptors (Lipinski definition) is 3. The lowest BCUT2D eigenvalue weighted by atomic mass is 10.2. The zero-order chi connectivity index (χ0) is 13.7. The quantitative estimate of drug-likeness (QED) is 0.819. The third-order valence-electron chi connectivity index (χ3n) is 2.53. The summed E-state index contributed by atoms with van der Waals surface area (Å²) in [6.45, 7) is 2.71. The molecular weight excluding hydrogens is 291 g/mol.